The van der Waals surface area contributed by atoms with Crippen LogP contribution in [0.15, 0.2) is 47.4 Å². The molecule has 0 spiro atoms. The van der Waals surface area contributed by atoms with Crippen LogP contribution in [0.1, 0.15) is 12.5 Å². The number of nitrogens with zero attached hydrogens (tertiary/aromatic N) is 1. The summed E-state index contributed by atoms with van der Waals surface area (Å²) in [4.78, 5) is 28.0. The molecule has 0 saturated carbocycles. The summed E-state index contributed by atoms with van der Waals surface area (Å²) < 4.78 is 15.9. The van der Waals surface area contributed by atoms with Gasteiger partial charge in [-0.25, -0.2) is 4.90 Å². The molecule has 28 heavy (non-hydrogen) atoms. The first-order chi connectivity index (χ1) is 13.5. The third-order valence-electron chi connectivity index (χ3n) is 4.31. The summed E-state index contributed by atoms with van der Waals surface area (Å²) in [6, 6.07) is 12.1. The highest BCUT2D eigenvalue weighted by Gasteiger charge is 2.40. The van der Waals surface area contributed by atoms with Crippen molar-refractivity contribution < 1.29 is 23.8 Å². The Balaban J connectivity index is 2.10. The molecule has 3 rings (SSSR count). The number of benzene rings is 2. The van der Waals surface area contributed by atoms with E-state index in [1.54, 1.807) is 56.7 Å². The van der Waals surface area contributed by atoms with E-state index in [2.05, 4.69) is 0 Å². The lowest BCUT2D eigenvalue weighted by molar-refractivity contribution is -0.119. The van der Waals surface area contributed by atoms with Gasteiger partial charge in [0.1, 0.15) is 5.75 Å². The molecule has 0 atom stereocenters. The summed E-state index contributed by atoms with van der Waals surface area (Å²) in [5.74, 6) is 1.57. The fourth-order valence-corrected chi connectivity index (χ4v) is 3.87. The van der Waals surface area contributed by atoms with Crippen molar-refractivity contribution in [1.29, 1.82) is 0 Å². The van der Waals surface area contributed by atoms with Gasteiger partial charge in [-0.15, -0.1) is 11.8 Å². The second-order valence-corrected chi connectivity index (χ2v) is 7.13. The average Bonchev–Trinajstić information content (AvgIpc) is 2.97. The van der Waals surface area contributed by atoms with Crippen LogP contribution in [0.25, 0.3) is 5.57 Å². The Kier molecular flexibility index (Phi) is 5.94. The van der Waals surface area contributed by atoms with Crippen LogP contribution in [0.5, 0.6) is 17.2 Å². The number of imide groups is 1. The molecule has 6 nitrogen and oxygen atoms in total. The fourth-order valence-electron chi connectivity index (χ4n) is 3.02. The van der Waals surface area contributed by atoms with Crippen LogP contribution in [-0.4, -0.2) is 38.9 Å². The van der Waals surface area contributed by atoms with Gasteiger partial charge in [-0.05, 0) is 35.6 Å². The molecule has 1 heterocycles. The van der Waals surface area contributed by atoms with Crippen LogP contribution in [0.2, 0.25) is 0 Å². The summed E-state index contributed by atoms with van der Waals surface area (Å²) >= 11 is 1.35. The maximum atomic E-state index is 13.3. The van der Waals surface area contributed by atoms with Crippen molar-refractivity contribution in [2.24, 2.45) is 0 Å². The van der Waals surface area contributed by atoms with Crippen molar-refractivity contribution in [2.45, 2.75) is 6.92 Å². The number of anilines is 1. The van der Waals surface area contributed by atoms with Gasteiger partial charge < -0.3 is 14.2 Å². The Morgan fingerprint density at radius 1 is 0.893 bits per heavy atom. The molecule has 2 amide bonds. The molecule has 0 unspecified atom stereocenters. The predicted molar refractivity (Wildman–Crippen MR) is 110 cm³/mol. The first kappa shape index (κ1) is 19.8. The molecule has 0 saturated heterocycles. The molecular formula is C21H21NO5S. The van der Waals surface area contributed by atoms with Crippen LogP contribution < -0.4 is 19.1 Å². The fraction of sp³-hybridized carbons (Fsp3) is 0.238. The number of ether oxygens (including phenoxy) is 3. The van der Waals surface area contributed by atoms with E-state index in [0.29, 0.717) is 44.7 Å². The van der Waals surface area contributed by atoms with Gasteiger partial charge in [-0.3, -0.25) is 9.59 Å². The van der Waals surface area contributed by atoms with Crippen molar-refractivity contribution in [2.75, 3.05) is 32.0 Å². The van der Waals surface area contributed by atoms with E-state index in [1.807, 2.05) is 6.92 Å². The molecule has 0 aliphatic carbocycles. The number of carbonyl (C=O) groups excluding carboxylic acids is 2. The highest BCUT2D eigenvalue weighted by molar-refractivity contribution is 8.04. The molecule has 2 aromatic carbocycles. The Morgan fingerprint density at radius 2 is 1.64 bits per heavy atom. The Bertz CT molecular complexity index is 954. The number of rotatable bonds is 7. The second kappa shape index (κ2) is 8.39. The third kappa shape index (κ3) is 3.45. The Morgan fingerprint density at radius 3 is 2.29 bits per heavy atom. The van der Waals surface area contributed by atoms with Crippen LogP contribution in [-0.2, 0) is 9.59 Å². The van der Waals surface area contributed by atoms with Crippen molar-refractivity contribution >= 4 is 34.8 Å². The van der Waals surface area contributed by atoms with E-state index in [1.165, 1.54) is 23.8 Å². The zero-order chi connectivity index (χ0) is 20.3. The summed E-state index contributed by atoms with van der Waals surface area (Å²) in [5, 5.41) is 0. The van der Waals surface area contributed by atoms with E-state index in [-0.39, 0.29) is 11.8 Å². The molecule has 0 N–H and O–H groups in total. The van der Waals surface area contributed by atoms with Crippen LogP contribution in [0, 0.1) is 0 Å². The number of thioether (sulfide) groups is 1. The summed E-state index contributed by atoms with van der Waals surface area (Å²) in [5.41, 5.74) is 1.44. The minimum absolute atomic E-state index is 0.338. The van der Waals surface area contributed by atoms with Crippen molar-refractivity contribution in [3.63, 3.8) is 0 Å². The standard InChI is InChI=1S/C21H21NO5S/c1-5-28-19-18(13-9-10-16(26-3)17(11-13)27-4)20(23)22(21(19)24)14-7-6-8-15(12-14)25-2/h6-12H,5H2,1-4H3. The lowest BCUT2D eigenvalue weighted by atomic mass is 10.1. The largest absolute Gasteiger partial charge is 0.497 e. The highest BCUT2D eigenvalue weighted by Crippen LogP contribution is 2.41. The number of amides is 2. The van der Waals surface area contributed by atoms with Crippen molar-refractivity contribution in [3.05, 3.63) is 52.9 Å². The quantitative estimate of drug-likeness (QED) is 0.661. The molecule has 0 aromatic heterocycles. The molecule has 1 aliphatic rings. The van der Waals surface area contributed by atoms with Crippen LogP contribution >= 0.6 is 11.8 Å². The number of carbonyl (C=O) groups is 2. The molecular weight excluding hydrogens is 378 g/mol. The van der Waals surface area contributed by atoms with Gasteiger partial charge in [0.2, 0.25) is 0 Å². The molecule has 0 radical (unpaired) electrons. The normalized spacial score (nSPS) is 13.9. The monoisotopic (exact) mass is 399 g/mol. The topological polar surface area (TPSA) is 65.1 Å². The van der Waals surface area contributed by atoms with Gasteiger partial charge in [0.15, 0.2) is 11.5 Å². The lowest BCUT2D eigenvalue weighted by Gasteiger charge is -2.16. The highest BCUT2D eigenvalue weighted by atomic mass is 32.2. The lowest BCUT2D eigenvalue weighted by Crippen LogP contribution is -2.31. The van der Waals surface area contributed by atoms with Crippen molar-refractivity contribution in [3.8, 4) is 17.2 Å². The third-order valence-corrected chi connectivity index (χ3v) is 5.27. The molecule has 7 heteroatoms. The van der Waals surface area contributed by atoms with Crippen LogP contribution in [0.4, 0.5) is 5.69 Å². The summed E-state index contributed by atoms with van der Waals surface area (Å²) in [7, 11) is 4.62. The molecule has 146 valence electrons. The van der Waals surface area contributed by atoms with E-state index >= 15 is 0 Å². The number of methoxy groups -OCH3 is 3. The number of hydrogen-bond acceptors (Lipinski definition) is 6. The zero-order valence-corrected chi connectivity index (χ0v) is 17.0. The van der Waals surface area contributed by atoms with Gasteiger partial charge in [0.25, 0.3) is 11.8 Å². The number of hydrogen-bond donors (Lipinski definition) is 0. The molecule has 0 fully saturated rings. The summed E-state index contributed by atoms with van der Waals surface area (Å²) in [6.07, 6.45) is 0. The Labute approximate surface area is 168 Å². The molecule has 2 aromatic rings. The van der Waals surface area contributed by atoms with E-state index in [0.717, 1.165) is 0 Å². The summed E-state index contributed by atoms with van der Waals surface area (Å²) in [6.45, 7) is 1.94. The zero-order valence-electron chi connectivity index (χ0n) is 16.1. The van der Waals surface area contributed by atoms with Gasteiger partial charge in [-0.1, -0.05) is 19.1 Å². The Hall–Kier alpha value is -2.93. The van der Waals surface area contributed by atoms with Gasteiger partial charge in [0.05, 0.1) is 37.5 Å². The first-order valence-corrected chi connectivity index (χ1v) is 9.66. The van der Waals surface area contributed by atoms with Crippen molar-refractivity contribution in [1.82, 2.24) is 0 Å². The minimum Gasteiger partial charge on any atom is -0.497 e. The smallest absolute Gasteiger partial charge is 0.272 e. The van der Waals surface area contributed by atoms with Gasteiger partial charge in [0, 0.05) is 6.07 Å². The SMILES string of the molecule is CCSC1=C(c2ccc(OC)c(OC)c2)C(=O)N(c2cccc(OC)c2)C1=O. The van der Waals surface area contributed by atoms with Gasteiger partial charge in [-0.2, -0.15) is 0 Å². The first-order valence-electron chi connectivity index (χ1n) is 8.68. The van der Waals surface area contributed by atoms with E-state index < -0.39 is 0 Å². The van der Waals surface area contributed by atoms with Crippen LogP contribution in [0.3, 0.4) is 0 Å². The second-order valence-electron chi connectivity index (χ2n) is 5.85. The minimum atomic E-state index is -0.374. The van der Waals surface area contributed by atoms with Gasteiger partial charge >= 0.3 is 0 Å². The molecule has 0 bridgehead atoms. The maximum absolute atomic E-state index is 13.3. The predicted octanol–water partition coefficient (Wildman–Crippen LogP) is 3.75. The maximum Gasteiger partial charge on any atom is 0.272 e. The van der Waals surface area contributed by atoms with E-state index in [9.17, 15) is 9.59 Å². The average molecular weight is 399 g/mol. The molecule has 1 aliphatic heterocycles. The van der Waals surface area contributed by atoms with E-state index in [4.69, 9.17) is 14.2 Å².